The van der Waals surface area contributed by atoms with Gasteiger partial charge in [0.15, 0.2) is 24.0 Å². The summed E-state index contributed by atoms with van der Waals surface area (Å²) >= 11 is 0. The molecule has 2 aliphatic rings. The fraction of sp³-hybridized carbons (Fsp3) is 0.611. The molecule has 0 radical (unpaired) electrons. The maximum absolute atomic E-state index is 10.6. The Hall–Kier alpha value is -2.83. The monoisotopic (exact) mass is 480 g/mol. The van der Waals surface area contributed by atoms with Gasteiger partial charge in [-0.05, 0) is 0 Å². The summed E-state index contributed by atoms with van der Waals surface area (Å²) in [6.07, 6.45) is -5.21. The Morgan fingerprint density at radius 1 is 1.06 bits per heavy atom. The van der Waals surface area contributed by atoms with Gasteiger partial charge in [-0.25, -0.2) is 19.6 Å². The fourth-order valence-corrected chi connectivity index (χ4v) is 3.94. The molecule has 0 bridgehead atoms. The molecule has 8 atom stereocenters. The van der Waals surface area contributed by atoms with Crippen LogP contribution in [0, 0.1) is 0 Å². The molecule has 5 rings (SSSR count). The molecule has 3 aromatic rings. The highest BCUT2D eigenvalue weighted by molar-refractivity contribution is 5.81. The summed E-state index contributed by atoms with van der Waals surface area (Å²) in [6.45, 7) is -0.203. The van der Waals surface area contributed by atoms with E-state index in [2.05, 4.69) is 25.3 Å². The number of aromatic nitrogens is 7. The van der Waals surface area contributed by atoms with E-state index in [0.29, 0.717) is 16.9 Å². The van der Waals surface area contributed by atoms with Crippen molar-refractivity contribution >= 4 is 17.0 Å². The average molecular weight is 480 g/mol. The van der Waals surface area contributed by atoms with Gasteiger partial charge in [0.05, 0.1) is 32.3 Å². The van der Waals surface area contributed by atoms with Crippen molar-refractivity contribution < 1.29 is 39.7 Å². The highest BCUT2D eigenvalue weighted by atomic mass is 16.7. The standard InChI is InChI=1S/C18H24N8O8/c19-15-10-16(21-5-20-15)26(6-22-10)17-13(30)12(29)9(34-17)2-25-1-7(23-24-25)3-32-18-14(31)11(28)8(27)4-33-18/h1,5-6,8-9,11-14,17-18,27-31H,2-4H2,(H2,19,20,21)/t8-,9-,11+,12-,13-,14-,17-,18-/m1/s1. The number of ether oxygens (including phenoxy) is 3. The van der Waals surface area contributed by atoms with Gasteiger partial charge in [0.2, 0.25) is 0 Å². The minimum atomic E-state index is -1.42. The molecule has 0 unspecified atom stereocenters. The molecule has 0 spiro atoms. The predicted molar refractivity (Wildman–Crippen MR) is 108 cm³/mol. The Kier molecular flexibility index (Phi) is 6.13. The molecule has 3 aromatic heterocycles. The van der Waals surface area contributed by atoms with E-state index in [0.717, 1.165) is 0 Å². The Bertz CT molecular complexity index is 1140. The summed E-state index contributed by atoms with van der Waals surface area (Å²) in [5.41, 5.74) is 6.89. The molecule has 16 heteroatoms. The van der Waals surface area contributed by atoms with Crippen LogP contribution >= 0.6 is 0 Å². The number of anilines is 1. The van der Waals surface area contributed by atoms with Crippen LogP contribution in [-0.2, 0) is 27.4 Å². The molecule has 184 valence electrons. The third-order valence-electron chi connectivity index (χ3n) is 5.80. The van der Waals surface area contributed by atoms with Gasteiger partial charge in [-0.15, -0.1) is 5.10 Å². The second-order valence-corrected chi connectivity index (χ2v) is 8.12. The number of rotatable bonds is 6. The number of aliphatic hydroxyl groups excluding tert-OH is 5. The number of nitrogen functional groups attached to an aromatic ring is 1. The third-order valence-corrected chi connectivity index (χ3v) is 5.80. The summed E-state index contributed by atoms with van der Waals surface area (Å²) in [6, 6.07) is 0. The highest BCUT2D eigenvalue weighted by Crippen LogP contribution is 2.32. The number of hydrogen-bond acceptors (Lipinski definition) is 14. The first-order valence-corrected chi connectivity index (χ1v) is 10.4. The topological polar surface area (TPSA) is 229 Å². The highest BCUT2D eigenvalue weighted by Gasteiger charge is 2.44. The van der Waals surface area contributed by atoms with E-state index < -0.39 is 49.1 Å². The van der Waals surface area contributed by atoms with Gasteiger partial charge in [0.1, 0.15) is 54.2 Å². The van der Waals surface area contributed by atoms with E-state index in [4.69, 9.17) is 19.9 Å². The van der Waals surface area contributed by atoms with Gasteiger partial charge in [-0.1, -0.05) is 5.21 Å². The first-order valence-electron chi connectivity index (χ1n) is 10.4. The van der Waals surface area contributed by atoms with Gasteiger partial charge in [-0.2, -0.15) is 0 Å². The smallest absolute Gasteiger partial charge is 0.186 e. The maximum Gasteiger partial charge on any atom is 0.186 e. The molecule has 0 aliphatic carbocycles. The first-order chi connectivity index (χ1) is 16.3. The number of hydrogen-bond donors (Lipinski definition) is 6. The Morgan fingerprint density at radius 2 is 1.88 bits per heavy atom. The SMILES string of the molecule is Nc1ncnc2c1ncn2[C@@H]1O[C@H](Cn2cc(CO[C@@H]3OC[C@@H](O)[C@H](O)[C@H]3O)nn2)[C@@H](O)[C@H]1O. The summed E-state index contributed by atoms with van der Waals surface area (Å²) in [4.78, 5) is 12.2. The van der Waals surface area contributed by atoms with Crippen molar-refractivity contribution in [2.45, 2.75) is 62.3 Å². The normalized spacial score (nSPS) is 34.1. The van der Waals surface area contributed by atoms with Gasteiger partial charge >= 0.3 is 0 Å². The average Bonchev–Trinajstić information content (AvgIpc) is 3.52. The molecule has 16 nitrogen and oxygen atoms in total. The van der Waals surface area contributed by atoms with E-state index in [1.165, 1.54) is 28.1 Å². The van der Waals surface area contributed by atoms with Crippen LogP contribution < -0.4 is 5.73 Å². The van der Waals surface area contributed by atoms with Gasteiger partial charge in [0, 0.05) is 0 Å². The third kappa shape index (κ3) is 4.10. The largest absolute Gasteiger partial charge is 0.388 e. The summed E-state index contributed by atoms with van der Waals surface area (Å²) < 4.78 is 19.4. The lowest BCUT2D eigenvalue weighted by molar-refractivity contribution is -0.273. The number of nitrogens with two attached hydrogens (primary N) is 1. The quantitative estimate of drug-likeness (QED) is 0.199. The Balaban J connectivity index is 1.22. The summed E-state index contributed by atoms with van der Waals surface area (Å²) in [5.74, 6) is 0.183. The lowest BCUT2D eigenvalue weighted by Gasteiger charge is -2.34. The molecule has 5 heterocycles. The number of nitrogens with zero attached hydrogens (tertiary/aromatic N) is 7. The van der Waals surface area contributed by atoms with Gasteiger partial charge < -0.3 is 45.5 Å². The molecule has 0 aromatic carbocycles. The van der Waals surface area contributed by atoms with Crippen molar-refractivity contribution in [1.29, 1.82) is 0 Å². The van der Waals surface area contributed by atoms with Crippen molar-refractivity contribution in [3.8, 4) is 0 Å². The minimum absolute atomic E-state index is 0.0684. The van der Waals surface area contributed by atoms with E-state index >= 15 is 0 Å². The van der Waals surface area contributed by atoms with Crippen LogP contribution in [0.5, 0.6) is 0 Å². The Labute approximate surface area is 191 Å². The van der Waals surface area contributed by atoms with E-state index in [1.807, 2.05) is 0 Å². The number of fused-ring (bicyclic) bond motifs is 1. The fourth-order valence-electron chi connectivity index (χ4n) is 3.94. The van der Waals surface area contributed by atoms with Crippen LogP contribution in [-0.4, -0.2) is 110 Å². The van der Waals surface area contributed by atoms with Crippen molar-refractivity contribution in [3.05, 3.63) is 24.5 Å². The van der Waals surface area contributed by atoms with Crippen molar-refractivity contribution in [2.24, 2.45) is 0 Å². The number of aliphatic hydroxyl groups is 5. The molecule has 7 N–H and O–H groups in total. The van der Waals surface area contributed by atoms with E-state index in [-0.39, 0.29) is 25.6 Å². The van der Waals surface area contributed by atoms with Crippen molar-refractivity contribution in [2.75, 3.05) is 12.3 Å². The molecular formula is C18H24N8O8. The Morgan fingerprint density at radius 3 is 2.71 bits per heavy atom. The summed E-state index contributed by atoms with van der Waals surface area (Å²) in [5, 5.41) is 58.2. The van der Waals surface area contributed by atoms with Crippen LogP contribution in [0.15, 0.2) is 18.9 Å². The maximum atomic E-state index is 10.6. The molecule has 0 amide bonds. The lowest BCUT2D eigenvalue weighted by atomic mass is 10.1. The predicted octanol–water partition coefficient (Wildman–Crippen LogP) is -3.72. The zero-order valence-corrected chi connectivity index (χ0v) is 17.6. The van der Waals surface area contributed by atoms with Crippen LogP contribution in [0.25, 0.3) is 11.2 Å². The number of imidazole rings is 1. The summed E-state index contributed by atoms with van der Waals surface area (Å²) in [7, 11) is 0. The molecule has 34 heavy (non-hydrogen) atoms. The molecule has 0 saturated carbocycles. The van der Waals surface area contributed by atoms with Crippen LogP contribution in [0.3, 0.4) is 0 Å². The molecule has 2 fully saturated rings. The zero-order valence-electron chi connectivity index (χ0n) is 17.6. The first kappa shape index (κ1) is 22.9. The molecule has 2 saturated heterocycles. The van der Waals surface area contributed by atoms with Crippen LogP contribution in [0.2, 0.25) is 0 Å². The van der Waals surface area contributed by atoms with E-state index in [1.54, 1.807) is 0 Å². The van der Waals surface area contributed by atoms with E-state index in [9.17, 15) is 25.5 Å². The van der Waals surface area contributed by atoms with Crippen LogP contribution in [0.1, 0.15) is 11.9 Å². The molecular weight excluding hydrogens is 456 g/mol. The van der Waals surface area contributed by atoms with Crippen molar-refractivity contribution in [1.82, 2.24) is 34.5 Å². The lowest BCUT2D eigenvalue weighted by Crippen LogP contribution is -2.53. The van der Waals surface area contributed by atoms with Gasteiger partial charge in [-0.3, -0.25) is 4.57 Å². The minimum Gasteiger partial charge on any atom is -0.388 e. The van der Waals surface area contributed by atoms with Crippen LogP contribution in [0.4, 0.5) is 5.82 Å². The second-order valence-electron chi connectivity index (χ2n) is 8.12. The van der Waals surface area contributed by atoms with Gasteiger partial charge in [0.25, 0.3) is 0 Å². The second kappa shape index (κ2) is 9.08. The zero-order chi connectivity index (χ0) is 24.0. The molecule has 2 aliphatic heterocycles. The van der Waals surface area contributed by atoms with Crippen molar-refractivity contribution in [3.63, 3.8) is 0 Å².